The van der Waals surface area contributed by atoms with E-state index >= 15 is 0 Å². The topological polar surface area (TPSA) is 75.4 Å². The lowest BCUT2D eigenvalue weighted by Gasteiger charge is -2.24. The summed E-state index contributed by atoms with van der Waals surface area (Å²) in [5.74, 6) is 0. The zero-order valence-electron chi connectivity index (χ0n) is 11.6. The predicted octanol–water partition coefficient (Wildman–Crippen LogP) is 1.79. The molecule has 5 nitrogen and oxygen atoms in total. The van der Waals surface area contributed by atoms with Crippen LogP contribution in [-0.2, 0) is 10.0 Å². The molecule has 0 bridgehead atoms. The fourth-order valence-electron chi connectivity index (χ4n) is 1.99. The molecule has 112 valence electrons. The zero-order chi connectivity index (χ0) is 14.9. The molecule has 1 saturated carbocycles. The lowest BCUT2D eigenvalue weighted by Crippen LogP contribution is -2.41. The van der Waals surface area contributed by atoms with E-state index in [9.17, 15) is 8.42 Å². The number of sulfonamides is 1. The molecule has 1 aromatic rings. The first-order valence-corrected chi connectivity index (χ1v) is 8.85. The molecule has 1 aliphatic rings. The highest BCUT2D eigenvalue weighted by Crippen LogP contribution is 2.27. The number of halogens is 1. The largest absolute Gasteiger partial charge is 0.398 e. The first-order chi connectivity index (χ1) is 9.31. The lowest BCUT2D eigenvalue weighted by molar-refractivity contribution is 0.248. The van der Waals surface area contributed by atoms with E-state index < -0.39 is 10.0 Å². The van der Waals surface area contributed by atoms with Crippen LogP contribution in [0.5, 0.6) is 0 Å². The molecular formula is C13H20BrN3O2S. The molecule has 3 N–H and O–H groups in total. The second-order valence-corrected chi connectivity index (χ2v) is 7.90. The van der Waals surface area contributed by atoms with Gasteiger partial charge in [0.15, 0.2) is 0 Å². The molecule has 0 spiro atoms. The van der Waals surface area contributed by atoms with Crippen molar-refractivity contribution in [3.8, 4) is 0 Å². The van der Waals surface area contributed by atoms with Crippen LogP contribution < -0.4 is 10.5 Å². The third kappa shape index (κ3) is 3.72. The fourth-order valence-corrected chi connectivity index (χ4v) is 3.39. The van der Waals surface area contributed by atoms with Crippen LogP contribution in [0.3, 0.4) is 0 Å². The highest BCUT2D eigenvalue weighted by molar-refractivity contribution is 9.10. The van der Waals surface area contributed by atoms with Gasteiger partial charge in [0.25, 0.3) is 0 Å². The van der Waals surface area contributed by atoms with Crippen molar-refractivity contribution in [2.24, 2.45) is 0 Å². The van der Waals surface area contributed by atoms with Gasteiger partial charge < -0.3 is 5.73 Å². The van der Waals surface area contributed by atoms with Gasteiger partial charge in [0.1, 0.15) is 0 Å². The van der Waals surface area contributed by atoms with E-state index in [-0.39, 0.29) is 10.9 Å². The van der Waals surface area contributed by atoms with E-state index in [1.54, 1.807) is 6.07 Å². The number of likely N-dealkylation sites (N-methyl/N-ethyl adjacent to an activating group) is 1. The Morgan fingerprint density at radius 2 is 2.15 bits per heavy atom. The third-order valence-corrected chi connectivity index (χ3v) is 5.81. The van der Waals surface area contributed by atoms with Gasteiger partial charge in [-0.3, -0.25) is 4.90 Å². The normalized spacial score (nSPS) is 17.4. The Hall–Kier alpha value is -0.630. The lowest BCUT2D eigenvalue weighted by atomic mass is 10.3. The molecule has 1 aliphatic carbocycles. The van der Waals surface area contributed by atoms with Crippen molar-refractivity contribution in [3.05, 3.63) is 22.7 Å². The van der Waals surface area contributed by atoms with Crippen molar-refractivity contribution >= 4 is 31.6 Å². The van der Waals surface area contributed by atoms with Gasteiger partial charge in [0.05, 0.1) is 4.90 Å². The van der Waals surface area contributed by atoms with E-state index in [0.29, 0.717) is 22.7 Å². The van der Waals surface area contributed by atoms with E-state index in [0.717, 1.165) is 0 Å². The highest BCUT2D eigenvalue weighted by atomic mass is 79.9. The van der Waals surface area contributed by atoms with Crippen molar-refractivity contribution in [1.82, 2.24) is 9.62 Å². The number of benzene rings is 1. The molecule has 0 radical (unpaired) electrons. The smallest absolute Gasteiger partial charge is 0.240 e. The molecule has 1 fully saturated rings. The van der Waals surface area contributed by atoms with Crippen molar-refractivity contribution < 1.29 is 8.42 Å². The van der Waals surface area contributed by atoms with Gasteiger partial charge in [0, 0.05) is 28.8 Å². The highest BCUT2D eigenvalue weighted by Gasteiger charge is 2.29. The molecule has 1 atom stereocenters. The molecule has 20 heavy (non-hydrogen) atoms. The number of nitrogens with zero attached hydrogens (tertiary/aromatic N) is 1. The first-order valence-electron chi connectivity index (χ1n) is 6.58. The predicted molar refractivity (Wildman–Crippen MR) is 84.0 cm³/mol. The van der Waals surface area contributed by atoms with E-state index in [1.807, 2.05) is 14.0 Å². The third-order valence-electron chi connectivity index (χ3n) is 3.66. The second-order valence-electron chi connectivity index (χ2n) is 5.28. The van der Waals surface area contributed by atoms with Crippen molar-refractivity contribution in [3.63, 3.8) is 0 Å². The maximum absolute atomic E-state index is 12.2. The van der Waals surface area contributed by atoms with Gasteiger partial charge in [0.2, 0.25) is 10.0 Å². The minimum Gasteiger partial charge on any atom is -0.398 e. The first kappa shape index (κ1) is 15.8. The molecule has 0 heterocycles. The van der Waals surface area contributed by atoms with Gasteiger partial charge in [-0.1, -0.05) is 0 Å². The van der Waals surface area contributed by atoms with E-state index in [2.05, 4.69) is 25.6 Å². The van der Waals surface area contributed by atoms with Gasteiger partial charge in [-0.2, -0.15) is 0 Å². The Morgan fingerprint density at radius 1 is 1.50 bits per heavy atom. The summed E-state index contributed by atoms with van der Waals surface area (Å²) in [4.78, 5) is 2.41. The molecular weight excluding hydrogens is 342 g/mol. The van der Waals surface area contributed by atoms with Crippen LogP contribution in [0.15, 0.2) is 27.6 Å². The summed E-state index contributed by atoms with van der Waals surface area (Å²) in [5, 5.41) is 0. The number of anilines is 1. The minimum atomic E-state index is -3.51. The van der Waals surface area contributed by atoms with Gasteiger partial charge in [-0.15, -0.1) is 0 Å². The van der Waals surface area contributed by atoms with Gasteiger partial charge in [-0.05, 0) is 60.9 Å². The Kier molecular flexibility index (Phi) is 4.73. The van der Waals surface area contributed by atoms with E-state index in [1.165, 1.54) is 25.0 Å². The Bertz CT molecular complexity index is 587. The van der Waals surface area contributed by atoms with Crippen molar-refractivity contribution in [2.75, 3.05) is 19.3 Å². The number of nitrogens with one attached hydrogen (secondary N) is 1. The zero-order valence-corrected chi connectivity index (χ0v) is 14.0. The molecule has 1 unspecified atom stereocenters. The van der Waals surface area contributed by atoms with Gasteiger partial charge >= 0.3 is 0 Å². The summed E-state index contributed by atoms with van der Waals surface area (Å²) in [6.07, 6.45) is 2.41. The maximum Gasteiger partial charge on any atom is 0.240 e. The average Bonchev–Trinajstić information content (AvgIpc) is 3.22. The molecule has 0 aliphatic heterocycles. The van der Waals surface area contributed by atoms with Crippen LogP contribution in [0.4, 0.5) is 5.69 Å². The SMILES string of the molecule is CC(CNS(=O)(=O)c1ccc(Br)c(N)c1)N(C)C1CC1. The number of hydrogen-bond acceptors (Lipinski definition) is 4. The molecule has 2 rings (SSSR count). The van der Waals surface area contributed by atoms with Gasteiger partial charge in [-0.25, -0.2) is 13.1 Å². The Labute approximate surface area is 128 Å². The summed E-state index contributed by atoms with van der Waals surface area (Å²) < 4.78 is 27.8. The number of nitrogen functional groups attached to an aromatic ring is 1. The molecule has 7 heteroatoms. The van der Waals surface area contributed by atoms with Crippen LogP contribution in [0, 0.1) is 0 Å². The molecule has 0 amide bonds. The van der Waals surface area contributed by atoms with Crippen molar-refractivity contribution in [2.45, 2.75) is 36.7 Å². The molecule has 1 aromatic carbocycles. The van der Waals surface area contributed by atoms with Crippen LogP contribution in [0.25, 0.3) is 0 Å². The fraction of sp³-hybridized carbons (Fsp3) is 0.538. The standard InChI is InChI=1S/C13H20BrN3O2S/c1-9(17(2)10-3-4-10)8-16-20(18,19)11-5-6-12(14)13(15)7-11/h5-7,9-10,16H,3-4,8,15H2,1-2H3. The van der Waals surface area contributed by atoms with Crippen LogP contribution in [0.1, 0.15) is 19.8 Å². The van der Waals surface area contributed by atoms with Crippen LogP contribution in [0.2, 0.25) is 0 Å². The van der Waals surface area contributed by atoms with E-state index in [4.69, 9.17) is 5.73 Å². The van der Waals surface area contributed by atoms with Crippen LogP contribution >= 0.6 is 15.9 Å². The summed E-state index contributed by atoms with van der Waals surface area (Å²) in [5.41, 5.74) is 6.14. The monoisotopic (exact) mass is 361 g/mol. The van der Waals surface area contributed by atoms with Crippen LogP contribution in [-0.4, -0.2) is 39.0 Å². The molecule has 0 saturated heterocycles. The number of hydrogen-bond donors (Lipinski definition) is 2. The average molecular weight is 362 g/mol. The number of rotatable bonds is 6. The van der Waals surface area contributed by atoms with Crippen molar-refractivity contribution in [1.29, 1.82) is 0 Å². The minimum absolute atomic E-state index is 0.171. The summed E-state index contributed by atoms with van der Waals surface area (Å²) in [6.45, 7) is 2.42. The summed E-state index contributed by atoms with van der Waals surface area (Å²) in [6, 6.07) is 5.42. The maximum atomic E-state index is 12.2. The number of nitrogens with two attached hydrogens (primary N) is 1. The Morgan fingerprint density at radius 3 is 2.70 bits per heavy atom. The second kappa shape index (κ2) is 6.01. The summed E-state index contributed by atoms with van der Waals surface area (Å²) >= 11 is 3.25. The Balaban J connectivity index is 2.01. The summed E-state index contributed by atoms with van der Waals surface area (Å²) in [7, 11) is -1.47. The molecule has 0 aromatic heterocycles. The quantitative estimate of drug-likeness (QED) is 0.757.